The van der Waals surface area contributed by atoms with Crippen LogP contribution in [0.2, 0.25) is 0 Å². The first-order chi connectivity index (χ1) is 11.0. The van der Waals surface area contributed by atoms with E-state index in [0.717, 1.165) is 16.1 Å². The van der Waals surface area contributed by atoms with Gasteiger partial charge in [-0.15, -0.1) is 0 Å². The zero-order valence-corrected chi connectivity index (χ0v) is 14.2. The highest BCUT2D eigenvalue weighted by Crippen LogP contribution is 2.26. The fraction of sp³-hybridized carbons (Fsp3) is 0.412. The standard InChI is InChI=1S/C17H21N3O2S/c1-11-12(2)23-17(22)20(11)10-16(21)19-8-14(15(18)9-19)13-6-4-3-5-7-13/h3-7,14-15H,8-10,18H2,1-2H3/t14-,15+/m0/s1. The Bertz CT molecular complexity index is 766. The second-order valence-electron chi connectivity index (χ2n) is 6.08. The lowest BCUT2D eigenvalue weighted by atomic mass is 9.95. The molecule has 1 aliphatic rings. The molecule has 2 aromatic rings. The minimum atomic E-state index is -0.0727. The van der Waals surface area contributed by atoms with Gasteiger partial charge < -0.3 is 10.6 Å². The van der Waals surface area contributed by atoms with Gasteiger partial charge in [-0.05, 0) is 19.4 Å². The quantitative estimate of drug-likeness (QED) is 0.926. The summed E-state index contributed by atoms with van der Waals surface area (Å²) in [7, 11) is 0. The molecule has 0 aliphatic carbocycles. The highest BCUT2D eigenvalue weighted by atomic mass is 32.1. The molecule has 23 heavy (non-hydrogen) atoms. The Morgan fingerprint density at radius 2 is 1.96 bits per heavy atom. The number of carbonyl (C=O) groups is 1. The van der Waals surface area contributed by atoms with E-state index in [-0.39, 0.29) is 29.3 Å². The van der Waals surface area contributed by atoms with Gasteiger partial charge in [-0.2, -0.15) is 0 Å². The van der Waals surface area contributed by atoms with Gasteiger partial charge in [0.05, 0.1) is 0 Å². The van der Waals surface area contributed by atoms with E-state index >= 15 is 0 Å². The van der Waals surface area contributed by atoms with Crippen LogP contribution in [0.15, 0.2) is 35.1 Å². The summed E-state index contributed by atoms with van der Waals surface area (Å²) in [5.74, 6) is 0.115. The van der Waals surface area contributed by atoms with Crippen LogP contribution in [0, 0.1) is 13.8 Å². The molecule has 0 saturated carbocycles. The van der Waals surface area contributed by atoms with Crippen molar-refractivity contribution in [1.29, 1.82) is 0 Å². The van der Waals surface area contributed by atoms with Crippen molar-refractivity contribution in [2.24, 2.45) is 5.73 Å². The molecule has 1 saturated heterocycles. The van der Waals surface area contributed by atoms with Crippen molar-refractivity contribution in [2.45, 2.75) is 32.4 Å². The maximum Gasteiger partial charge on any atom is 0.308 e. The predicted molar refractivity (Wildman–Crippen MR) is 91.8 cm³/mol. The zero-order chi connectivity index (χ0) is 16.6. The minimum Gasteiger partial charge on any atom is -0.339 e. The van der Waals surface area contributed by atoms with Crippen LogP contribution in [-0.4, -0.2) is 34.5 Å². The van der Waals surface area contributed by atoms with Gasteiger partial charge in [-0.1, -0.05) is 41.7 Å². The van der Waals surface area contributed by atoms with Gasteiger partial charge >= 0.3 is 4.87 Å². The zero-order valence-electron chi connectivity index (χ0n) is 13.4. The molecular weight excluding hydrogens is 310 g/mol. The number of hydrogen-bond acceptors (Lipinski definition) is 4. The number of nitrogens with two attached hydrogens (primary N) is 1. The molecule has 1 aromatic carbocycles. The van der Waals surface area contributed by atoms with Crippen LogP contribution in [0.1, 0.15) is 22.1 Å². The van der Waals surface area contributed by atoms with Crippen molar-refractivity contribution in [3.05, 3.63) is 56.1 Å². The van der Waals surface area contributed by atoms with E-state index in [1.54, 1.807) is 9.47 Å². The molecule has 122 valence electrons. The molecule has 1 aliphatic heterocycles. The molecule has 0 unspecified atom stereocenters. The average Bonchev–Trinajstić information content (AvgIpc) is 3.04. The van der Waals surface area contributed by atoms with Crippen molar-refractivity contribution in [2.75, 3.05) is 13.1 Å². The summed E-state index contributed by atoms with van der Waals surface area (Å²) in [5.41, 5.74) is 8.27. The van der Waals surface area contributed by atoms with Crippen LogP contribution in [0.3, 0.4) is 0 Å². The molecule has 2 atom stereocenters. The fourth-order valence-electron chi connectivity index (χ4n) is 3.09. The number of amides is 1. The molecule has 6 heteroatoms. The molecule has 0 bridgehead atoms. The number of aromatic nitrogens is 1. The van der Waals surface area contributed by atoms with Gasteiger partial charge in [0, 0.05) is 35.6 Å². The molecule has 5 nitrogen and oxygen atoms in total. The second kappa shape index (κ2) is 6.29. The second-order valence-corrected chi connectivity index (χ2v) is 7.24. The first-order valence-electron chi connectivity index (χ1n) is 7.72. The number of carbonyl (C=O) groups excluding carboxylic acids is 1. The summed E-state index contributed by atoms with van der Waals surface area (Å²) in [4.78, 5) is 27.2. The molecule has 1 fully saturated rings. The molecule has 0 radical (unpaired) electrons. The van der Waals surface area contributed by atoms with Crippen LogP contribution in [0.4, 0.5) is 0 Å². The maximum atomic E-state index is 12.6. The van der Waals surface area contributed by atoms with E-state index in [9.17, 15) is 9.59 Å². The average molecular weight is 331 g/mol. The third-order valence-electron chi connectivity index (χ3n) is 4.61. The third kappa shape index (κ3) is 3.09. The summed E-state index contributed by atoms with van der Waals surface area (Å²) in [5, 5.41) is 0. The van der Waals surface area contributed by atoms with E-state index in [1.165, 1.54) is 11.3 Å². The SMILES string of the molecule is Cc1sc(=O)n(CC(=O)N2C[C@@H](N)[C@H](c3ccccc3)C2)c1C. The van der Waals surface area contributed by atoms with Gasteiger partial charge in [-0.3, -0.25) is 14.2 Å². The van der Waals surface area contributed by atoms with E-state index in [2.05, 4.69) is 12.1 Å². The van der Waals surface area contributed by atoms with Crippen LogP contribution < -0.4 is 10.6 Å². The number of benzene rings is 1. The van der Waals surface area contributed by atoms with E-state index in [1.807, 2.05) is 32.0 Å². The van der Waals surface area contributed by atoms with Crippen molar-refractivity contribution in [1.82, 2.24) is 9.47 Å². The Balaban J connectivity index is 1.73. The third-order valence-corrected chi connectivity index (χ3v) is 5.61. The molecular formula is C17H21N3O2S. The van der Waals surface area contributed by atoms with Crippen LogP contribution in [0.5, 0.6) is 0 Å². The Labute approximate surface area is 139 Å². The molecule has 1 aromatic heterocycles. The first-order valence-corrected chi connectivity index (χ1v) is 8.54. The van der Waals surface area contributed by atoms with Gasteiger partial charge in [0.25, 0.3) is 0 Å². The van der Waals surface area contributed by atoms with Crippen LogP contribution in [0.25, 0.3) is 0 Å². The summed E-state index contributed by atoms with van der Waals surface area (Å²) >= 11 is 1.19. The summed E-state index contributed by atoms with van der Waals surface area (Å²) in [6, 6.07) is 9.99. The topological polar surface area (TPSA) is 68.3 Å². The predicted octanol–water partition coefficient (Wildman–Crippen LogP) is 1.48. The first kappa shape index (κ1) is 16.0. The normalized spacial score (nSPS) is 20.9. The lowest BCUT2D eigenvalue weighted by Gasteiger charge is -2.17. The molecule has 3 rings (SSSR count). The number of nitrogens with zero attached hydrogens (tertiary/aromatic N) is 2. The number of aryl methyl sites for hydroxylation is 1. The Kier molecular flexibility index (Phi) is 4.37. The number of rotatable bonds is 3. The van der Waals surface area contributed by atoms with E-state index in [0.29, 0.717) is 13.1 Å². The van der Waals surface area contributed by atoms with E-state index in [4.69, 9.17) is 5.73 Å². The molecule has 1 amide bonds. The summed E-state index contributed by atoms with van der Waals surface area (Å²) in [6.07, 6.45) is 0. The van der Waals surface area contributed by atoms with Crippen molar-refractivity contribution in [3.63, 3.8) is 0 Å². The van der Waals surface area contributed by atoms with Crippen molar-refractivity contribution >= 4 is 17.2 Å². The number of hydrogen-bond donors (Lipinski definition) is 1. The number of likely N-dealkylation sites (tertiary alicyclic amines) is 1. The minimum absolute atomic E-state index is 0.0399. The molecule has 2 N–H and O–H groups in total. The summed E-state index contributed by atoms with van der Waals surface area (Å²) in [6.45, 7) is 5.03. The lowest BCUT2D eigenvalue weighted by Crippen LogP contribution is -2.36. The molecule has 2 heterocycles. The smallest absolute Gasteiger partial charge is 0.308 e. The lowest BCUT2D eigenvalue weighted by molar-refractivity contribution is -0.130. The fourth-order valence-corrected chi connectivity index (χ4v) is 3.92. The van der Waals surface area contributed by atoms with Crippen molar-refractivity contribution in [3.8, 4) is 0 Å². The highest BCUT2D eigenvalue weighted by Gasteiger charge is 2.34. The van der Waals surface area contributed by atoms with E-state index < -0.39 is 0 Å². The Morgan fingerprint density at radius 3 is 2.57 bits per heavy atom. The maximum absolute atomic E-state index is 12.6. The monoisotopic (exact) mass is 331 g/mol. The van der Waals surface area contributed by atoms with Gasteiger partial charge in [-0.25, -0.2) is 0 Å². The largest absolute Gasteiger partial charge is 0.339 e. The molecule has 0 spiro atoms. The van der Waals surface area contributed by atoms with Crippen LogP contribution in [-0.2, 0) is 11.3 Å². The Hall–Kier alpha value is -1.92. The van der Waals surface area contributed by atoms with Crippen LogP contribution >= 0.6 is 11.3 Å². The van der Waals surface area contributed by atoms with Gasteiger partial charge in [0.15, 0.2) is 0 Å². The Morgan fingerprint density at radius 1 is 1.26 bits per heavy atom. The highest BCUT2D eigenvalue weighted by molar-refractivity contribution is 7.09. The summed E-state index contributed by atoms with van der Waals surface area (Å²) < 4.78 is 1.56. The van der Waals surface area contributed by atoms with Crippen molar-refractivity contribution < 1.29 is 4.79 Å². The van der Waals surface area contributed by atoms with Gasteiger partial charge in [0.2, 0.25) is 5.91 Å². The van der Waals surface area contributed by atoms with Gasteiger partial charge in [0.1, 0.15) is 6.54 Å². The number of thiazole rings is 1.